The van der Waals surface area contributed by atoms with Crippen molar-refractivity contribution in [2.75, 3.05) is 5.75 Å². The number of rotatable bonds is 9. The Labute approximate surface area is 88.2 Å². The van der Waals surface area contributed by atoms with Gasteiger partial charge in [0.05, 0.1) is 0 Å². The molecule has 0 nitrogen and oxygen atoms in total. The largest absolute Gasteiger partial charge is 0.134 e. The van der Waals surface area contributed by atoms with Crippen molar-refractivity contribution in [3.05, 3.63) is 11.5 Å². The second kappa shape index (κ2) is 12.1. The Morgan fingerprint density at radius 3 is 2.38 bits per heavy atom. The number of hydrogen-bond donors (Lipinski definition) is 0. The highest BCUT2D eigenvalue weighted by atomic mass is 32.2. The summed E-state index contributed by atoms with van der Waals surface area (Å²) in [5.41, 5.74) is 0. The third-order valence-electron chi connectivity index (χ3n) is 2.03. The maximum Gasteiger partial charge on any atom is -0.00262 e. The average Bonchev–Trinajstić information content (AvgIpc) is 2.16. The molecule has 0 saturated heterocycles. The summed E-state index contributed by atoms with van der Waals surface area (Å²) >= 11 is 1.96. The number of hydrogen-bond acceptors (Lipinski definition) is 1. The van der Waals surface area contributed by atoms with Crippen molar-refractivity contribution in [2.24, 2.45) is 0 Å². The van der Waals surface area contributed by atoms with Crippen LogP contribution >= 0.6 is 11.8 Å². The molecule has 0 atom stereocenters. The van der Waals surface area contributed by atoms with Gasteiger partial charge in [-0.15, -0.1) is 11.8 Å². The summed E-state index contributed by atoms with van der Waals surface area (Å²) in [6, 6.07) is 0. The first-order chi connectivity index (χ1) is 6.41. The number of unbranched alkanes of at least 4 members (excludes halogenated alkanes) is 5. The zero-order valence-electron chi connectivity index (χ0n) is 9.22. The summed E-state index contributed by atoms with van der Waals surface area (Å²) in [4.78, 5) is 0. The molecule has 0 aromatic heterocycles. The van der Waals surface area contributed by atoms with Gasteiger partial charge >= 0.3 is 0 Å². The average molecular weight is 200 g/mol. The van der Waals surface area contributed by atoms with Crippen LogP contribution in [0.3, 0.4) is 0 Å². The normalized spacial score (nSPS) is 11.2. The van der Waals surface area contributed by atoms with E-state index in [1.165, 1.54) is 50.7 Å². The van der Waals surface area contributed by atoms with E-state index in [2.05, 4.69) is 25.3 Å². The van der Waals surface area contributed by atoms with Crippen molar-refractivity contribution in [1.29, 1.82) is 0 Å². The van der Waals surface area contributed by atoms with Gasteiger partial charge in [0.25, 0.3) is 0 Å². The van der Waals surface area contributed by atoms with Crippen molar-refractivity contribution >= 4 is 11.8 Å². The van der Waals surface area contributed by atoms with Gasteiger partial charge in [-0.05, 0) is 30.4 Å². The van der Waals surface area contributed by atoms with E-state index in [9.17, 15) is 0 Å². The first kappa shape index (κ1) is 13.1. The van der Waals surface area contributed by atoms with Crippen LogP contribution in [0.4, 0.5) is 0 Å². The quantitative estimate of drug-likeness (QED) is 0.472. The van der Waals surface area contributed by atoms with Gasteiger partial charge in [0.2, 0.25) is 0 Å². The van der Waals surface area contributed by atoms with Crippen LogP contribution in [0.25, 0.3) is 0 Å². The summed E-state index contributed by atoms with van der Waals surface area (Å²) < 4.78 is 0. The van der Waals surface area contributed by atoms with Gasteiger partial charge in [0.15, 0.2) is 0 Å². The smallest absolute Gasteiger partial charge is 0.00262 e. The highest BCUT2D eigenvalue weighted by Crippen LogP contribution is 2.08. The topological polar surface area (TPSA) is 0 Å². The van der Waals surface area contributed by atoms with E-state index < -0.39 is 0 Å². The van der Waals surface area contributed by atoms with Crippen LogP contribution in [0.1, 0.15) is 58.8 Å². The van der Waals surface area contributed by atoms with Crippen molar-refractivity contribution in [3.8, 4) is 0 Å². The fourth-order valence-corrected chi connectivity index (χ4v) is 1.98. The molecule has 0 rings (SSSR count). The molecule has 0 aliphatic rings. The first-order valence-electron chi connectivity index (χ1n) is 5.68. The Morgan fingerprint density at radius 1 is 0.923 bits per heavy atom. The Balaban J connectivity index is 2.95. The fraction of sp³-hybridized carbons (Fsp3) is 0.833. The molecule has 0 saturated carbocycles. The second-order valence-electron chi connectivity index (χ2n) is 3.45. The second-order valence-corrected chi connectivity index (χ2v) is 4.46. The van der Waals surface area contributed by atoms with Gasteiger partial charge in [-0.25, -0.2) is 0 Å². The molecule has 0 aliphatic heterocycles. The minimum Gasteiger partial charge on any atom is -0.134 e. The molecule has 0 amide bonds. The van der Waals surface area contributed by atoms with E-state index in [1.807, 2.05) is 11.8 Å². The number of thioether (sulfide) groups is 1. The van der Waals surface area contributed by atoms with Gasteiger partial charge in [-0.1, -0.05) is 45.6 Å². The Morgan fingerprint density at radius 2 is 1.69 bits per heavy atom. The minimum absolute atomic E-state index is 1.28. The Bertz CT molecular complexity index is 108. The van der Waals surface area contributed by atoms with E-state index >= 15 is 0 Å². The number of allylic oxidation sites excluding steroid dienone is 1. The molecule has 0 aromatic carbocycles. The van der Waals surface area contributed by atoms with Crippen LogP contribution in [0, 0.1) is 0 Å². The van der Waals surface area contributed by atoms with Crippen molar-refractivity contribution in [3.63, 3.8) is 0 Å². The molecular formula is C12H24S. The van der Waals surface area contributed by atoms with Gasteiger partial charge in [-0.2, -0.15) is 0 Å². The standard InChI is InChI=1S/C12H24S/c1-3-5-7-8-9-10-12-13-11-6-4-2/h10,12H,3-9,11H2,1-2H3/b12-10-. The lowest BCUT2D eigenvalue weighted by Crippen LogP contribution is -1.74. The zero-order valence-corrected chi connectivity index (χ0v) is 10.0. The third kappa shape index (κ3) is 12.1. The summed E-state index contributed by atoms with van der Waals surface area (Å²) in [5, 5.41) is 2.28. The monoisotopic (exact) mass is 200 g/mol. The highest BCUT2D eigenvalue weighted by Gasteiger charge is 1.85. The predicted octanol–water partition coefficient (Wildman–Crippen LogP) is 5.00. The molecule has 0 fully saturated rings. The van der Waals surface area contributed by atoms with Gasteiger partial charge in [0.1, 0.15) is 0 Å². The lowest BCUT2D eigenvalue weighted by Gasteiger charge is -1.94. The lowest BCUT2D eigenvalue weighted by molar-refractivity contribution is 0.675. The van der Waals surface area contributed by atoms with Crippen LogP contribution in [-0.2, 0) is 0 Å². The molecule has 0 unspecified atom stereocenters. The molecule has 13 heavy (non-hydrogen) atoms. The molecule has 0 heterocycles. The van der Waals surface area contributed by atoms with Crippen LogP contribution in [0.5, 0.6) is 0 Å². The fourth-order valence-electron chi connectivity index (χ4n) is 1.12. The minimum atomic E-state index is 1.28. The summed E-state index contributed by atoms with van der Waals surface area (Å²) in [6.07, 6.45) is 11.8. The van der Waals surface area contributed by atoms with E-state index in [0.29, 0.717) is 0 Å². The Hall–Kier alpha value is 0.0900. The van der Waals surface area contributed by atoms with Gasteiger partial charge < -0.3 is 0 Å². The summed E-state index contributed by atoms with van der Waals surface area (Å²) in [7, 11) is 0. The van der Waals surface area contributed by atoms with Crippen LogP contribution in [-0.4, -0.2) is 5.75 Å². The maximum atomic E-state index is 2.33. The molecule has 0 radical (unpaired) electrons. The lowest BCUT2D eigenvalue weighted by atomic mass is 10.2. The first-order valence-corrected chi connectivity index (χ1v) is 6.73. The van der Waals surface area contributed by atoms with Crippen molar-refractivity contribution in [2.45, 2.75) is 58.8 Å². The van der Waals surface area contributed by atoms with Crippen LogP contribution in [0.15, 0.2) is 11.5 Å². The zero-order chi connectivity index (χ0) is 9.78. The highest BCUT2D eigenvalue weighted by molar-refractivity contribution is 8.02. The van der Waals surface area contributed by atoms with Crippen LogP contribution < -0.4 is 0 Å². The summed E-state index contributed by atoms with van der Waals surface area (Å²) in [5.74, 6) is 1.29. The van der Waals surface area contributed by atoms with Crippen molar-refractivity contribution < 1.29 is 0 Å². The van der Waals surface area contributed by atoms with Crippen LogP contribution in [0.2, 0.25) is 0 Å². The maximum absolute atomic E-state index is 2.33. The molecule has 0 aliphatic carbocycles. The molecule has 78 valence electrons. The van der Waals surface area contributed by atoms with Gasteiger partial charge in [0, 0.05) is 0 Å². The predicted molar refractivity (Wildman–Crippen MR) is 65.3 cm³/mol. The molecule has 1 heteroatoms. The Kier molecular flexibility index (Phi) is 12.2. The van der Waals surface area contributed by atoms with E-state index in [-0.39, 0.29) is 0 Å². The summed E-state index contributed by atoms with van der Waals surface area (Å²) in [6.45, 7) is 4.51. The third-order valence-corrected chi connectivity index (χ3v) is 2.94. The van der Waals surface area contributed by atoms with Crippen molar-refractivity contribution in [1.82, 2.24) is 0 Å². The molecule has 0 aromatic rings. The van der Waals surface area contributed by atoms with E-state index in [4.69, 9.17) is 0 Å². The molecule has 0 spiro atoms. The molecule has 0 bridgehead atoms. The van der Waals surface area contributed by atoms with E-state index in [0.717, 1.165) is 0 Å². The molecule has 0 N–H and O–H groups in total. The SMILES string of the molecule is CCCCCC/C=C\SCCCC. The van der Waals surface area contributed by atoms with E-state index in [1.54, 1.807) is 0 Å². The molecular weight excluding hydrogens is 176 g/mol. The van der Waals surface area contributed by atoms with Gasteiger partial charge in [-0.3, -0.25) is 0 Å².